The molecule has 0 N–H and O–H groups in total. The fourth-order valence-corrected chi connectivity index (χ4v) is 7.65. The van der Waals surface area contributed by atoms with Gasteiger partial charge in [-0.2, -0.15) is 18.2 Å². The fourth-order valence-electron chi connectivity index (χ4n) is 7.65. The first kappa shape index (κ1) is 26.6. The molecule has 1 spiro atoms. The Bertz CT molecular complexity index is 2030. The van der Waals surface area contributed by atoms with Crippen LogP contribution in [0.5, 0.6) is 17.2 Å². The topological polar surface area (TPSA) is 39.5 Å². The molecule has 0 unspecified atom stereocenters. The number of para-hydroxylation sites is 3. The minimum atomic E-state index is -0.258. The van der Waals surface area contributed by atoms with Crippen LogP contribution in [0, 0.1) is 12.1 Å². The van der Waals surface area contributed by atoms with Crippen LogP contribution in [0.25, 0.3) is 27.6 Å². The summed E-state index contributed by atoms with van der Waals surface area (Å²) in [5.74, 6) is 3.18. The number of nitrogens with zero attached hydrogens (tertiary/aromatic N) is 3. The van der Waals surface area contributed by atoms with E-state index in [9.17, 15) is 0 Å². The van der Waals surface area contributed by atoms with Gasteiger partial charge in [-0.25, -0.2) is 4.98 Å². The van der Waals surface area contributed by atoms with Crippen LogP contribution in [0.4, 0.5) is 5.69 Å². The second-order valence-electron chi connectivity index (χ2n) is 11.8. The summed E-state index contributed by atoms with van der Waals surface area (Å²) < 4.78 is 15.0. The standard InChI is InChI=1S/C36H28BN3O2.Pt/c1-39-31-15-3-4-16-33(31)42-37(39)24-10-7-11-25(22-24)41-26-17-18-27-28-12-8-13-29-34(28)40(32(27)23-26)35-30(14-9-21-38-35)36(29)19-5-2-6-20-36;/h3-4,7-18,21H,2,5-6,19-20H2,1H3;/q-2;+2. The molecule has 0 radical (unpaired) electrons. The third-order valence-corrected chi connectivity index (χ3v) is 9.52. The average molecular weight is 741 g/mol. The zero-order chi connectivity index (χ0) is 27.8. The molecular formula is C36H28BN3O2Pt. The van der Waals surface area contributed by atoms with Gasteiger partial charge in [-0.3, -0.25) is 0 Å². The molecule has 7 heteroatoms. The quantitative estimate of drug-likeness (QED) is 0.141. The maximum absolute atomic E-state index is 6.42. The summed E-state index contributed by atoms with van der Waals surface area (Å²) in [5.41, 5.74) is 7.03. The summed E-state index contributed by atoms with van der Waals surface area (Å²) >= 11 is 0. The van der Waals surface area contributed by atoms with E-state index in [-0.39, 0.29) is 33.5 Å². The molecule has 3 aliphatic rings. The first-order valence-corrected chi connectivity index (χ1v) is 14.9. The molecule has 9 rings (SSSR count). The van der Waals surface area contributed by atoms with Crippen molar-refractivity contribution >= 4 is 40.0 Å². The van der Waals surface area contributed by atoms with Gasteiger partial charge < -0.3 is 18.8 Å². The van der Waals surface area contributed by atoms with E-state index >= 15 is 0 Å². The van der Waals surface area contributed by atoms with Gasteiger partial charge >= 0.3 is 28.1 Å². The predicted molar refractivity (Wildman–Crippen MR) is 167 cm³/mol. The van der Waals surface area contributed by atoms with Crippen LogP contribution in [0.15, 0.2) is 91.1 Å². The van der Waals surface area contributed by atoms with Crippen molar-refractivity contribution in [3.8, 4) is 23.1 Å². The SMILES string of the molecule is CN1B(c2[c-]c(Oc3[c-]c4c(cc3)c3cccc5c3n4-c3ncccc3C53CCCCC3)ccc2)Oc2ccccc21.[Pt+2]. The third kappa shape index (κ3) is 3.85. The maximum Gasteiger partial charge on any atom is 2.00 e. The average Bonchev–Trinajstić information content (AvgIpc) is 3.56. The van der Waals surface area contributed by atoms with E-state index in [0.717, 1.165) is 28.2 Å². The number of hydrogen-bond donors (Lipinski definition) is 0. The number of rotatable bonds is 3. The van der Waals surface area contributed by atoms with Gasteiger partial charge in [-0.05, 0) is 49.0 Å². The molecule has 0 atom stereocenters. The molecule has 43 heavy (non-hydrogen) atoms. The molecule has 4 aromatic carbocycles. The Kier molecular flexibility index (Phi) is 6.20. The second kappa shape index (κ2) is 10.0. The second-order valence-corrected chi connectivity index (χ2v) is 11.8. The van der Waals surface area contributed by atoms with Gasteiger partial charge in [0, 0.05) is 34.2 Å². The van der Waals surface area contributed by atoms with Crippen molar-refractivity contribution in [2.75, 3.05) is 11.9 Å². The predicted octanol–water partition coefficient (Wildman–Crippen LogP) is 7.36. The van der Waals surface area contributed by atoms with E-state index < -0.39 is 0 Å². The third-order valence-electron chi connectivity index (χ3n) is 9.52. The van der Waals surface area contributed by atoms with Gasteiger partial charge in [0.25, 0.3) is 0 Å². The van der Waals surface area contributed by atoms with E-state index in [4.69, 9.17) is 14.4 Å². The largest absolute Gasteiger partial charge is 2.00 e. The van der Waals surface area contributed by atoms with Crippen LogP contribution >= 0.6 is 0 Å². The van der Waals surface area contributed by atoms with Gasteiger partial charge in [0.1, 0.15) is 11.6 Å². The zero-order valence-corrected chi connectivity index (χ0v) is 26.0. The van der Waals surface area contributed by atoms with Crippen molar-refractivity contribution in [2.24, 2.45) is 0 Å². The first-order chi connectivity index (χ1) is 20.7. The first-order valence-electron chi connectivity index (χ1n) is 14.9. The van der Waals surface area contributed by atoms with Crippen LogP contribution in [-0.4, -0.2) is 23.6 Å². The van der Waals surface area contributed by atoms with Crippen LogP contribution in [0.1, 0.15) is 43.2 Å². The summed E-state index contributed by atoms with van der Waals surface area (Å²) in [6.07, 6.45) is 8.06. The molecule has 0 amide bonds. The van der Waals surface area contributed by atoms with Crippen molar-refractivity contribution in [1.29, 1.82) is 0 Å². The normalized spacial score (nSPS) is 16.1. The number of fused-ring (bicyclic) bond motifs is 8. The van der Waals surface area contributed by atoms with Crippen molar-refractivity contribution in [1.82, 2.24) is 9.55 Å². The maximum atomic E-state index is 6.42. The molecule has 1 fully saturated rings. The number of pyridine rings is 1. The fraction of sp³-hybridized carbons (Fsp3) is 0.194. The zero-order valence-electron chi connectivity index (χ0n) is 23.7. The van der Waals surface area contributed by atoms with Crippen molar-refractivity contribution in [2.45, 2.75) is 37.5 Å². The van der Waals surface area contributed by atoms with E-state index in [0.29, 0.717) is 11.5 Å². The minimum absolute atomic E-state index is 0. The van der Waals surface area contributed by atoms with Crippen LogP contribution < -0.4 is 19.7 Å². The van der Waals surface area contributed by atoms with E-state index in [2.05, 4.69) is 64.0 Å². The molecule has 2 aliphatic heterocycles. The van der Waals surface area contributed by atoms with E-state index in [1.54, 1.807) is 0 Å². The monoisotopic (exact) mass is 740 g/mol. The number of ether oxygens (including phenoxy) is 1. The molecular weight excluding hydrogens is 712 g/mol. The van der Waals surface area contributed by atoms with E-state index in [1.165, 1.54) is 59.5 Å². The number of anilines is 1. The molecule has 4 heterocycles. The summed E-state index contributed by atoms with van der Waals surface area (Å²) in [6.45, 7) is 0. The van der Waals surface area contributed by atoms with Crippen molar-refractivity contribution in [3.05, 3.63) is 114 Å². The van der Waals surface area contributed by atoms with E-state index in [1.807, 2.05) is 55.7 Å². The van der Waals surface area contributed by atoms with Gasteiger partial charge in [0.15, 0.2) is 0 Å². The minimum Gasteiger partial charge on any atom is -0.537 e. The Morgan fingerprint density at radius 2 is 1.63 bits per heavy atom. The Balaban J connectivity index is 0.00000278. The molecule has 2 aromatic heterocycles. The van der Waals surface area contributed by atoms with Gasteiger partial charge in [0.05, 0.1) is 5.69 Å². The molecule has 6 aromatic rings. The molecule has 0 bridgehead atoms. The van der Waals surface area contributed by atoms with Gasteiger partial charge in [0.2, 0.25) is 0 Å². The molecule has 212 valence electrons. The Labute approximate surface area is 265 Å². The number of benzene rings is 4. The Hall–Kier alpha value is -4.02. The van der Waals surface area contributed by atoms with Crippen LogP contribution in [0.3, 0.4) is 0 Å². The molecule has 1 saturated carbocycles. The van der Waals surface area contributed by atoms with Crippen molar-refractivity contribution in [3.63, 3.8) is 0 Å². The number of aromatic nitrogens is 2. The van der Waals surface area contributed by atoms with Crippen molar-refractivity contribution < 1.29 is 30.5 Å². The smallest absolute Gasteiger partial charge is 0.537 e. The summed E-state index contributed by atoms with van der Waals surface area (Å²) in [4.78, 5) is 7.11. The summed E-state index contributed by atoms with van der Waals surface area (Å²) in [7, 11) is 1.78. The number of hydrogen-bond acceptors (Lipinski definition) is 4. The Morgan fingerprint density at radius 3 is 2.51 bits per heavy atom. The van der Waals surface area contributed by atoms with Gasteiger partial charge in [-0.15, -0.1) is 35.1 Å². The Morgan fingerprint density at radius 1 is 0.814 bits per heavy atom. The summed E-state index contributed by atoms with van der Waals surface area (Å²) in [6, 6.07) is 36.5. The summed E-state index contributed by atoms with van der Waals surface area (Å²) in [5, 5.41) is 2.42. The van der Waals surface area contributed by atoms with Crippen LogP contribution in [0.2, 0.25) is 0 Å². The van der Waals surface area contributed by atoms with Crippen LogP contribution in [-0.2, 0) is 26.5 Å². The molecule has 5 nitrogen and oxygen atoms in total. The molecule has 0 saturated heterocycles. The van der Waals surface area contributed by atoms with Gasteiger partial charge in [-0.1, -0.05) is 61.2 Å². The molecule has 1 aliphatic carbocycles.